The van der Waals surface area contributed by atoms with E-state index in [1.807, 2.05) is 0 Å². The molecule has 3 rings (SSSR count). The monoisotopic (exact) mass is 436 g/mol. The van der Waals surface area contributed by atoms with Crippen molar-refractivity contribution in [3.05, 3.63) is 104 Å². The maximum absolute atomic E-state index is 12.0. The second kappa shape index (κ2) is 9.91. The Balaban J connectivity index is 1.70. The van der Waals surface area contributed by atoms with Gasteiger partial charge in [-0.15, -0.1) is 0 Å². The number of carbonyl (C=O) groups is 1. The van der Waals surface area contributed by atoms with E-state index in [2.05, 4.69) is 10.5 Å². The minimum absolute atomic E-state index is 0.172. The Labute approximate surface area is 180 Å². The Morgan fingerprint density at radius 2 is 1.75 bits per heavy atom. The molecule has 162 valence electrons. The van der Waals surface area contributed by atoms with Gasteiger partial charge in [0.2, 0.25) is 5.75 Å². The number of aliphatic hydroxyl groups excluding tert-OH is 1. The summed E-state index contributed by atoms with van der Waals surface area (Å²) in [5, 5.41) is 35.9. The number of amides is 1. The van der Waals surface area contributed by atoms with Gasteiger partial charge in [-0.05, 0) is 29.3 Å². The first-order chi connectivity index (χ1) is 15.3. The zero-order valence-corrected chi connectivity index (χ0v) is 16.3. The largest absolute Gasteiger partial charge is 0.450 e. The van der Waals surface area contributed by atoms with Crippen molar-refractivity contribution < 1.29 is 24.5 Å². The highest BCUT2D eigenvalue weighted by Gasteiger charge is 2.21. The second-order valence-electron chi connectivity index (χ2n) is 6.39. The number of nitro benzene ring substituents is 2. The molecule has 3 aromatic rings. The van der Waals surface area contributed by atoms with Gasteiger partial charge in [-0.25, -0.2) is 5.43 Å². The molecule has 1 atom stereocenters. The van der Waals surface area contributed by atoms with Crippen LogP contribution in [0.4, 0.5) is 11.4 Å². The number of rotatable bonds is 8. The third-order valence-corrected chi connectivity index (χ3v) is 4.19. The molecule has 32 heavy (non-hydrogen) atoms. The highest BCUT2D eigenvalue weighted by atomic mass is 16.6. The van der Waals surface area contributed by atoms with Crippen LogP contribution in [-0.4, -0.2) is 27.1 Å². The molecule has 11 heteroatoms. The van der Waals surface area contributed by atoms with Crippen LogP contribution in [0.3, 0.4) is 0 Å². The van der Waals surface area contributed by atoms with Crippen molar-refractivity contribution in [3.63, 3.8) is 0 Å². The van der Waals surface area contributed by atoms with E-state index in [4.69, 9.17) is 4.74 Å². The van der Waals surface area contributed by atoms with Gasteiger partial charge in [0.05, 0.1) is 22.1 Å². The Kier molecular flexibility index (Phi) is 6.83. The second-order valence-corrected chi connectivity index (χ2v) is 6.39. The van der Waals surface area contributed by atoms with Crippen LogP contribution in [0.5, 0.6) is 11.5 Å². The van der Waals surface area contributed by atoms with Gasteiger partial charge in [0, 0.05) is 6.07 Å². The maximum Gasteiger partial charge on any atom is 0.318 e. The fraction of sp³-hybridized carbons (Fsp3) is 0.0476. The van der Waals surface area contributed by atoms with Crippen LogP contribution in [0.2, 0.25) is 0 Å². The number of nitrogens with one attached hydrogen (secondary N) is 1. The van der Waals surface area contributed by atoms with Gasteiger partial charge < -0.3 is 9.84 Å². The van der Waals surface area contributed by atoms with Crippen molar-refractivity contribution in [1.29, 1.82) is 0 Å². The first kappa shape index (κ1) is 22.1. The average molecular weight is 436 g/mol. The van der Waals surface area contributed by atoms with Gasteiger partial charge in [-0.1, -0.05) is 42.5 Å². The summed E-state index contributed by atoms with van der Waals surface area (Å²) in [7, 11) is 0. The van der Waals surface area contributed by atoms with Crippen molar-refractivity contribution in [2.75, 3.05) is 0 Å². The van der Waals surface area contributed by atoms with Gasteiger partial charge in [-0.2, -0.15) is 5.10 Å². The number of carbonyl (C=O) groups excluding carboxylic acids is 1. The highest BCUT2D eigenvalue weighted by Crippen LogP contribution is 2.34. The van der Waals surface area contributed by atoms with E-state index < -0.39 is 33.2 Å². The topological polar surface area (TPSA) is 157 Å². The molecule has 2 N–H and O–H groups in total. The molecule has 3 aromatic carbocycles. The quantitative estimate of drug-likeness (QED) is 0.311. The molecular formula is C21H16N4O7. The Morgan fingerprint density at radius 3 is 2.44 bits per heavy atom. The van der Waals surface area contributed by atoms with Crippen LogP contribution >= 0.6 is 0 Å². The lowest BCUT2D eigenvalue weighted by Crippen LogP contribution is -2.25. The molecule has 11 nitrogen and oxygen atoms in total. The summed E-state index contributed by atoms with van der Waals surface area (Å²) in [6.45, 7) is 0. The van der Waals surface area contributed by atoms with Crippen molar-refractivity contribution in [1.82, 2.24) is 5.43 Å². The lowest BCUT2D eigenvalue weighted by Gasteiger charge is -2.08. The number of hydrogen-bond donors (Lipinski definition) is 2. The van der Waals surface area contributed by atoms with Crippen LogP contribution in [0.15, 0.2) is 77.9 Å². The van der Waals surface area contributed by atoms with E-state index in [1.54, 1.807) is 42.5 Å². The minimum Gasteiger partial charge on any atom is -0.450 e. The molecule has 0 aliphatic rings. The van der Waals surface area contributed by atoms with Gasteiger partial charge in [-0.3, -0.25) is 25.0 Å². The summed E-state index contributed by atoms with van der Waals surface area (Å²) in [5.74, 6) is -0.683. The maximum atomic E-state index is 12.0. The van der Waals surface area contributed by atoms with Gasteiger partial charge in [0.1, 0.15) is 5.75 Å². The number of benzene rings is 3. The van der Waals surface area contributed by atoms with Crippen LogP contribution < -0.4 is 10.2 Å². The number of nitrogens with zero attached hydrogens (tertiary/aromatic N) is 3. The molecular weight excluding hydrogens is 420 g/mol. The summed E-state index contributed by atoms with van der Waals surface area (Å²) in [4.78, 5) is 32.6. The predicted molar refractivity (Wildman–Crippen MR) is 113 cm³/mol. The third kappa shape index (κ3) is 5.49. The fourth-order valence-corrected chi connectivity index (χ4v) is 2.65. The number of hydrogen-bond acceptors (Lipinski definition) is 8. The molecule has 0 spiro atoms. The summed E-state index contributed by atoms with van der Waals surface area (Å²) in [6.07, 6.45) is -0.0853. The van der Waals surface area contributed by atoms with Crippen molar-refractivity contribution >= 4 is 23.5 Å². The SMILES string of the molecule is O=C(N/N=C\c1cccc(Oc2ccc([N+](=O)[O-])cc2[N+](=O)[O-])c1)[C@H](O)c1ccccc1. The standard InChI is InChI=1S/C21H16N4O7/c26-20(15-6-2-1-3-7-15)21(27)23-22-13-14-5-4-8-17(11-14)32-19-10-9-16(24(28)29)12-18(19)25(30)31/h1-13,20,26H,(H,23,27)/b22-13-/t20-/m1/s1. The summed E-state index contributed by atoms with van der Waals surface area (Å²) in [6, 6.07) is 17.7. The summed E-state index contributed by atoms with van der Waals surface area (Å²) < 4.78 is 5.52. The number of ether oxygens (including phenoxy) is 1. The molecule has 0 unspecified atom stereocenters. The van der Waals surface area contributed by atoms with E-state index in [9.17, 15) is 30.1 Å². The summed E-state index contributed by atoms with van der Waals surface area (Å²) in [5.41, 5.74) is 2.14. The van der Waals surface area contributed by atoms with Crippen molar-refractivity contribution in [3.8, 4) is 11.5 Å². The van der Waals surface area contributed by atoms with Crippen LogP contribution in [-0.2, 0) is 4.79 Å². The first-order valence-electron chi connectivity index (χ1n) is 9.12. The lowest BCUT2D eigenvalue weighted by molar-refractivity contribution is -0.394. The van der Waals surface area contributed by atoms with Crippen molar-refractivity contribution in [2.45, 2.75) is 6.10 Å². The van der Waals surface area contributed by atoms with Gasteiger partial charge in [0.25, 0.3) is 11.6 Å². The van der Waals surface area contributed by atoms with Gasteiger partial charge in [0.15, 0.2) is 6.10 Å². The third-order valence-electron chi connectivity index (χ3n) is 4.19. The normalized spacial score (nSPS) is 11.7. The fourth-order valence-electron chi connectivity index (χ4n) is 2.65. The number of non-ortho nitro benzene ring substituents is 1. The van der Waals surface area contributed by atoms with Crippen LogP contribution in [0, 0.1) is 20.2 Å². The van der Waals surface area contributed by atoms with Crippen LogP contribution in [0.25, 0.3) is 0 Å². The highest BCUT2D eigenvalue weighted by molar-refractivity contribution is 5.85. The Morgan fingerprint density at radius 1 is 1.00 bits per heavy atom. The Hall–Kier alpha value is -4.64. The lowest BCUT2D eigenvalue weighted by atomic mass is 10.1. The number of aliphatic hydroxyl groups is 1. The van der Waals surface area contributed by atoms with E-state index >= 15 is 0 Å². The molecule has 0 aromatic heterocycles. The van der Waals surface area contributed by atoms with E-state index in [0.717, 1.165) is 18.2 Å². The Bertz CT molecular complexity index is 1180. The molecule has 0 bridgehead atoms. The molecule has 0 radical (unpaired) electrons. The zero-order chi connectivity index (χ0) is 23.1. The predicted octanol–water partition coefficient (Wildman–Crippen LogP) is 3.48. The molecule has 0 aliphatic carbocycles. The van der Waals surface area contributed by atoms with E-state index in [1.165, 1.54) is 18.3 Å². The summed E-state index contributed by atoms with van der Waals surface area (Å²) >= 11 is 0. The molecule has 0 heterocycles. The molecule has 0 saturated carbocycles. The van der Waals surface area contributed by atoms with E-state index in [-0.39, 0.29) is 11.5 Å². The molecule has 0 aliphatic heterocycles. The minimum atomic E-state index is -1.38. The van der Waals surface area contributed by atoms with Gasteiger partial charge >= 0.3 is 5.69 Å². The first-order valence-corrected chi connectivity index (χ1v) is 9.12. The average Bonchev–Trinajstić information content (AvgIpc) is 2.79. The number of hydrazone groups is 1. The van der Waals surface area contributed by atoms with E-state index in [0.29, 0.717) is 11.1 Å². The van der Waals surface area contributed by atoms with Crippen molar-refractivity contribution in [2.24, 2.45) is 5.10 Å². The smallest absolute Gasteiger partial charge is 0.318 e. The molecule has 1 amide bonds. The number of nitro groups is 2. The van der Waals surface area contributed by atoms with Crippen LogP contribution in [0.1, 0.15) is 17.2 Å². The molecule has 0 fully saturated rings. The molecule has 0 saturated heterocycles. The zero-order valence-electron chi connectivity index (χ0n) is 16.3.